The number of amides is 1. The number of carboxylic acids is 1. The first kappa shape index (κ1) is 22.7. The summed E-state index contributed by atoms with van der Waals surface area (Å²) in [6.07, 6.45) is 0.605. The monoisotopic (exact) mass is 478 g/mol. The number of hydrogen-bond donors (Lipinski definition) is 1. The Balaban J connectivity index is 1.47. The molecule has 0 bridgehead atoms. The van der Waals surface area contributed by atoms with Crippen molar-refractivity contribution in [3.05, 3.63) is 106 Å². The van der Waals surface area contributed by atoms with Gasteiger partial charge >= 0.3 is 5.97 Å². The highest BCUT2D eigenvalue weighted by atomic mass is 19.1. The zero-order chi connectivity index (χ0) is 24.7. The minimum Gasteiger partial charge on any atom is -0.478 e. The van der Waals surface area contributed by atoms with Crippen LogP contribution in [-0.2, 0) is 30.7 Å². The number of hydrogen-bond acceptors (Lipinski definition) is 2. The molecule has 0 saturated heterocycles. The van der Waals surface area contributed by atoms with Gasteiger partial charge in [0.05, 0.1) is 30.6 Å². The summed E-state index contributed by atoms with van der Waals surface area (Å²) in [5.41, 5.74) is 3.01. The van der Waals surface area contributed by atoms with E-state index in [1.807, 2.05) is 6.07 Å². The molecule has 5 nitrogen and oxygen atoms in total. The Hall–Kier alpha value is -4.07. The molecule has 1 aliphatic rings. The molecule has 178 valence electrons. The number of benzene rings is 3. The van der Waals surface area contributed by atoms with E-state index in [-0.39, 0.29) is 36.5 Å². The van der Waals surface area contributed by atoms with Gasteiger partial charge in [-0.3, -0.25) is 4.79 Å². The Morgan fingerprint density at radius 2 is 1.71 bits per heavy atom. The van der Waals surface area contributed by atoms with E-state index in [1.165, 1.54) is 30.3 Å². The molecule has 3 aromatic carbocycles. The van der Waals surface area contributed by atoms with Gasteiger partial charge in [-0.15, -0.1) is 0 Å². The van der Waals surface area contributed by atoms with Gasteiger partial charge in [0.2, 0.25) is 5.91 Å². The SMILES string of the molecule is O=C(O)c1ccc(CC(=O)N2CCc3c(n(Cc4ccc(F)cc4F)c4c(F)cccc34)C2)cc1. The molecule has 0 saturated carbocycles. The van der Waals surface area contributed by atoms with E-state index in [1.54, 1.807) is 27.7 Å². The van der Waals surface area contributed by atoms with E-state index in [2.05, 4.69) is 0 Å². The maximum atomic E-state index is 14.9. The molecule has 0 atom stereocenters. The molecule has 1 N–H and O–H groups in total. The average molecular weight is 478 g/mol. The predicted molar refractivity (Wildman–Crippen MR) is 124 cm³/mol. The molecule has 5 rings (SSSR count). The van der Waals surface area contributed by atoms with Crippen molar-refractivity contribution < 1.29 is 27.9 Å². The molecule has 1 aliphatic heterocycles. The molecule has 2 heterocycles. The van der Waals surface area contributed by atoms with E-state index < -0.39 is 23.4 Å². The minimum atomic E-state index is -1.04. The van der Waals surface area contributed by atoms with Gasteiger partial charge in [-0.2, -0.15) is 0 Å². The highest BCUT2D eigenvalue weighted by molar-refractivity contribution is 5.88. The van der Waals surface area contributed by atoms with Gasteiger partial charge < -0.3 is 14.6 Å². The van der Waals surface area contributed by atoms with Crippen LogP contribution in [0.2, 0.25) is 0 Å². The molecule has 1 amide bonds. The third-order valence-electron chi connectivity index (χ3n) is 6.48. The molecule has 0 radical (unpaired) electrons. The summed E-state index contributed by atoms with van der Waals surface area (Å²) in [6, 6.07) is 14.2. The van der Waals surface area contributed by atoms with Crippen LogP contribution in [0.25, 0.3) is 10.9 Å². The Labute approximate surface area is 199 Å². The smallest absolute Gasteiger partial charge is 0.335 e. The second kappa shape index (κ2) is 8.94. The Morgan fingerprint density at radius 1 is 0.943 bits per heavy atom. The van der Waals surface area contributed by atoms with Gasteiger partial charge in [-0.25, -0.2) is 18.0 Å². The lowest BCUT2D eigenvalue weighted by molar-refractivity contribution is -0.131. The standard InChI is InChI=1S/C27H21F3N2O3/c28-19-9-8-18(23(30)13-19)14-32-24-15-31(11-10-20(24)21-2-1-3-22(29)26(21)32)25(33)12-16-4-6-17(7-5-16)27(34)35/h1-9,13H,10-12,14-15H2,(H,34,35). The maximum Gasteiger partial charge on any atom is 0.335 e. The fraction of sp³-hybridized carbons (Fsp3) is 0.185. The third-order valence-corrected chi connectivity index (χ3v) is 6.48. The van der Waals surface area contributed by atoms with Crippen LogP contribution in [0.15, 0.2) is 60.7 Å². The molecule has 8 heteroatoms. The molecule has 0 aliphatic carbocycles. The summed E-state index contributed by atoms with van der Waals surface area (Å²) >= 11 is 0. The molecular weight excluding hydrogens is 457 g/mol. The van der Waals surface area contributed by atoms with Crippen molar-refractivity contribution in [1.82, 2.24) is 9.47 Å². The Bertz CT molecular complexity index is 1460. The van der Waals surface area contributed by atoms with Crippen LogP contribution >= 0.6 is 0 Å². The van der Waals surface area contributed by atoms with Crippen molar-refractivity contribution in [2.75, 3.05) is 6.54 Å². The zero-order valence-electron chi connectivity index (χ0n) is 18.6. The van der Waals surface area contributed by atoms with Gasteiger partial charge in [-0.05, 0) is 41.8 Å². The first-order valence-corrected chi connectivity index (χ1v) is 11.1. The van der Waals surface area contributed by atoms with Crippen molar-refractivity contribution in [3.63, 3.8) is 0 Å². The van der Waals surface area contributed by atoms with Crippen LogP contribution < -0.4 is 0 Å². The normalized spacial score (nSPS) is 13.2. The second-order valence-electron chi connectivity index (χ2n) is 8.63. The van der Waals surface area contributed by atoms with E-state index in [0.29, 0.717) is 24.0 Å². The molecule has 35 heavy (non-hydrogen) atoms. The van der Waals surface area contributed by atoms with Crippen LogP contribution in [0.1, 0.15) is 32.7 Å². The number of para-hydroxylation sites is 1. The van der Waals surface area contributed by atoms with E-state index in [9.17, 15) is 22.8 Å². The van der Waals surface area contributed by atoms with Gasteiger partial charge in [0, 0.05) is 29.3 Å². The highest BCUT2D eigenvalue weighted by Gasteiger charge is 2.28. The van der Waals surface area contributed by atoms with Crippen molar-refractivity contribution in [1.29, 1.82) is 0 Å². The number of carboxylic acid groups (broad SMARTS) is 1. The lowest BCUT2D eigenvalue weighted by atomic mass is 10.0. The number of halogens is 3. The van der Waals surface area contributed by atoms with Crippen molar-refractivity contribution in [3.8, 4) is 0 Å². The van der Waals surface area contributed by atoms with Crippen LogP contribution in [0.4, 0.5) is 13.2 Å². The molecule has 0 spiro atoms. The predicted octanol–water partition coefficient (Wildman–Crippen LogP) is 4.93. The minimum absolute atomic E-state index is 0.00242. The van der Waals surface area contributed by atoms with Gasteiger partial charge in [-0.1, -0.05) is 30.3 Å². The summed E-state index contributed by atoms with van der Waals surface area (Å²) in [6.45, 7) is 0.662. The average Bonchev–Trinajstić information content (AvgIpc) is 3.15. The van der Waals surface area contributed by atoms with Crippen LogP contribution in [0.3, 0.4) is 0 Å². The topological polar surface area (TPSA) is 62.5 Å². The van der Waals surface area contributed by atoms with Crippen molar-refractivity contribution >= 4 is 22.8 Å². The summed E-state index contributed by atoms with van der Waals surface area (Å²) in [5.74, 6) is -3.04. The molecule has 0 fully saturated rings. The van der Waals surface area contributed by atoms with E-state index >= 15 is 0 Å². The molecule has 1 aromatic heterocycles. The van der Waals surface area contributed by atoms with Gasteiger partial charge in [0.1, 0.15) is 17.5 Å². The highest BCUT2D eigenvalue weighted by Crippen LogP contribution is 2.33. The number of carbonyl (C=O) groups is 2. The number of carbonyl (C=O) groups excluding carboxylic acids is 1. The fourth-order valence-corrected chi connectivity index (χ4v) is 4.71. The van der Waals surface area contributed by atoms with Gasteiger partial charge in [0.15, 0.2) is 0 Å². The Morgan fingerprint density at radius 3 is 2.43 bits per heavy atom. The Kier molecular flexibility index (Phi) is 5.80. The quantitative estimate of drug-likeness (QED) is 0.442. The number of aromatic carboxylic acids is 1. The number of rotatable bonds is 5. The van der Waals surface area contributed by atoms with Crippen LogP contribution in [0.5, 0.6) is 0 Å². The van der Waals surface area contributed by atoms with Crippen molar-refractivity contribution in [2.45, 2.75) is 25.9 Å². The fourth-order valence-electron chi connectivity index (χ4n) is 4.71. The van der Waals surface area contributed by atoms with E-state index in [0.717, 1.165) is 22.7 Å². The lowest BCUT2D eigenvalue weighted by Crippen LogP contribution is -2.37. The first-order chi connectivity index (χ1) is 16.8. The van der Waals surface area contributed by atoms with Crippen molar-refractivity contribution in [2.24, 2.45) is 0 Å². The third kappa shape index (κ3) is 4.27. The molecular formula is C27H21F3N2O3. The lowest BCUT2D eigenvalue weighted by Gasteiger charge is -2.29. The summed E-state index contributed by atoms with van der Waals surface area (Å²) in [4.78, 5) is 25.8. The zero-order valence-corrected chi connectivity index (χ0v) is 18.6. The maximum absolute atomic E-state index is 14.9. The van der Waals surface area contributed by atoms with E-state index in [4.69, 9.17) is 5.11 Å². The largest absolute Gasteiger partial charge is 0.478 e. The van der Waals surface area contributed by atoms with Gasteiger partial charge in [0.25, 0.3) is 0 Å². The number of aromatic nitrogens is 1. The number of fused-ring (bicyclic) bond motifs is 3. The first-order valence-electron chi connectivity index (χ1n) is 11.1. The summed E-state index contributed by atoms with van der Waals surface area (Å²) < 4.78 is 44.5. The van der Waals surface area contributed by atoms with Crippen LogP contribution in [-0.4, -0.2) is 33.0 Å². The summed E-state index contributed by atoms with van der Waals surface area (Å²) in [7, 11) is 0. The molecule has 0 unspecified atom stereocenters. The second-order valence-corrected chi connectivity index (χ2v) is 8.63. The van der Waals surface area contributed by atoms with Crippen LogP contribution in [0, 0.1) is 17.5 Å². The molecule has 4 aromatic rings. The number of nitrogens with zero attached hydrogens (tertiary/aromatic N) is 2. The summed E-state index contributed by atoms with van der Waals surface area (Å²) in [5, 5.41) is 9.77.